The normalized spacial score (nSPS) is 16.0. The molecule has 1 aliphatic carbocycles. The number of nitrogens with one attached hydrogen (secondary N) is 1. The molecular weight excluding hydrogens is 284 g/mol. The molecule has 0 aromatic heterocycles. The molecule has 21 heavy (non-hydrogen) atoms. The molecule has 3 rings (SSSR count). The number of hydrogen-bond acceptors (Lipinski definition) is 3. The maximum Gasteiger partial charge on any atom is 0.241 e. The first-order valence-corrected chi connectivity index (χ1v) is 8.83. The van der Waals surface area contributed by atoms with Crippen LogP contribution in [0.15, 0.2) is 41.3 Å². The summed E-state index contributed by atoms with van der Waals surface area (Å²) < 4.78 is 27.7. The van der Waals surface area contributed by atoms with Gasteiger partial charge in [0.15, 0.2) is 0 Å². The van der Waals surface area contributed by atoms with Crippen molar-refractivity contribution in [2.24, 2.45) is 5.92 Å². The Morgan fingerprint density at radius 2 is 1.81 bits per heavy atom. The topological polar surface area (TPSA) is 72.2 Å². The molecule has 0 heterocycles. The van der Waals surface area contributed by atoms with Gasteiger partial charge in [-0.25, -0.2) is 13.1 Å². The van der Waals surface area contributed by atoms with Gasteiger partial charge in [-0.15, -0.1) is 0 Å². The monoisotopic (exact) mass is 304 g/mol. The number of benzene rings is 2. The summed E-state index contributed by atoms with van der Waals surface area (Å²) in [6, 6.07) is 10.6. The zero-order valence-electron chi connectivity index (χ0n) is 11.9. The number of sulfonamides is 1. The minimum Gasteiger partial charge on any atom is -0.398 e. The number of hydrogen-bond donors (Lipinski definition) is 2. The van der Waals surface area contributed by atoms with E-state index in [4.69, 9.17) is 5.73 Å². The molecule has 1 aliphatic rings. The van der Waals surface area contributed by atoms with E-state index in [2.05, 4.69) is 4.72 Å². The van der Waals surface area contributed by atoms with Crippen LogP contribution in [0, 0.1) is 5.92 Å². The Labute approximate surface area is 125 Å². The van der Waals surface area contributed by atoms with Gasteiger partial charge >= 0.3 is 0 Å². The van der Waals surface area contributed by atoms with Crippen LogP contribution >= 0.6 is 0 Å². The Hall–Kier alpha value is -1.59. The van der Waals surface area contributed by atoms with Gasteiger partial charge in [0.05, 0.1) is 4.90 Å². The molecule has 5 heteroatoms. The molecule has 2 aromatic rings. The van der Waals surface area contributed by atoms with Crippen molar-refractivity contribution in [3.8, 4) is 0 Å². The lowest BCUT2D eigenvalue weighted by Gasteiger charge is -2.25. The molecule has 0 aliphatic heterocycles. The first-order valence-electron chi connectivity index (χ1n) is 7.35. The highest BCUT2D eigenvalue weighted by molar-refractivity contribution is 7.89. The second-order valence-electron chi connectivity index (χ2n) is 5.68. The SMILES string of the molecule is Nc1ccc(S(=O)(=O)NCCC2CCC2)c2ccccc12. The molecular formula is C16H20N2O2S. The van der Waals surface area contributed by atoms with Gasteiger partial charge in [0.1, 0.15) is 0 Å². The summed E-state index contributed by atoms with van der Waals surface area (Å²) in [7, 11) is -3.49. The van der Waals surface area contributed by atoms with Crippen molar-refractivity contribution in [3.63, 3.8) is 0 Å². The van der Waals surface area contributed by atoms with Crippen LogP contribution in [-0.4, -0.2) is 15.0 Å². The van der Waals surface area contributed by atoms with Crippen molar-refractivity contribution in [2.45, 2.75) is 30.6 Å². The predicted octanol–water partition coefficient (Wildman–Crippen LogP) is 2.89. The van der Waals surface area contributed by atoms with Gasteiger partial charge in [-0.1, -0.05) is 43.5 Å². The molecule has 112 valence electrons. The van der Waals surface area contributed by atoms with Crippen LogP contribution in [0.4, 0.5) is 5.69 Å². The summed E-state index contributed by atoms with van der Waals surface area (Å²) in [4.78, 5) is 0.306. The molecule has 0 saturated heterocycles. The number of nitrogens with two attached hydrogens (primary N) is 1. The van der Waals surface area contributed by atoms with Crippen LogP contribution in [-0.2, 0) is 10.0 Å². The standard InChI is InChI=1S/C16H20N2O2S/c17-15-8-9-16(14-7-2-1-6-13(14)15)21(19,20)18-11-10-12-4-3-5-12/h1-2,6-9,12,18H,3-5,10-11,17H2. The lowest BCUT2D eigenvalue weighted by molar-refractivity contribution is 0.297. The third-order valence-electron chi connectivity index (χ3n) is 4.28. The van der Waals surface area contributed by atoms with Crippen molar-refractivity contribution < 1.29 is 8.42 Å². The second-order valence-corrected chi connectivity index (χ2v) is 7.42. The van der Waals surface area contributed by atoms with Crippen molar-refractivity contribution in [1.29, 1.82) is 0 Å². The van der Waals surface area contributed by atoms with Gasteiger partial charge in [-0.2, -0.15) is 0 Å². The highest BCUT2D eigenvalue weighted by Crippen LogP contribution is 2.30. The molecule has 1 saturated carbocycles. The minimum atomic E-state index is -3.49. The molecule has 0 spiro atoms. The van der Waals surface area contributed by atoms with Crippen molar-refractivity contribution in [3.05, 3.63) is 36.4 Å². The number of anilines is 1. The van der Waals surface area contributed by atoms with E-state index in [0.29, 0.717) is 28.4 Å². The number of rotatable bonds is 5. The van der Waals surface area contributed by atoms with Gasteiger partial charge in [-0.05, 0) is 24.5 Å². The number of fused-ring (bicyclic) bond motifs is 1. The average Bonchev–Trinajstić information content (AvgIpc) is 2.42. The Balaban J connectivity index is 1.86. The van der Waals surface area contributed by atoms with E-state index in [9.17, 15) is 8.42 Å². The van der Waals surface area contributed by atoms with Crippen LogP contribution in [0.3, 0.4) is 0 Å². The van der Waals surface area contributed by atoms with Crippen LogP contribution < -0.4 is 10.5 Å². The predicted molar refractivity (Wildman–Crippen MR) is 85.5 cm³/mol. The molecule has 1 fully saturated rings. The average molecular weight is 304 g/mol. The molecule has 0 unspecified atom stereocenters. The summed E-state index contributed by atoms with van der Waals surface area (Å²) in [6.45, 7) is 0.506. The van der Waals surface area contributed by atoms with E-state index in [1.807, 2.05) is 18.2 Å². The first-order chi connectivity index (χ1) is 10.1. The van der Waals surface area contributed by atoms with Crippen molar-refractivity contribution in [2.75, 3.05) is 12.3 Å². The lowest BCUT2D eigenvalue weighted by atomic mass is 9.83. The van der Waals surface area contributed by atoms with E-state index in [1.54, 1.807) is 18.2 Å². The maximum absolute atomic E-state index is 12.5. The van der Waals surface area contributed by atoms with Gasteiger partial charge in [0, 0.05) is 23.0 Å². The van der Waals surface area contributed by atoms with E-state index in [-0.39, 0.29) is 0 Å². The van der Waals surface area contributed by atoms with Crippen molar-refractivity contribution in [1.82, 2.24) is 4.72 Å². The Bertz CT molecular complexity index is 752. The van der Waals surface area contributed by atoms with Gasteiger partial charge < -0.3 is 5.73 Å². The first kappa shape index (κ1) is 14.4. The van der Waals surface area contributed by atoms with E-state index in [0.717, 1.165) is 11.8 Å². The van der Waals surface area contributed by atoms with E-state index >= 15 is 0 Å². The fourth-order valence-corrected chi connectivity index (χ4v) is 4.04. The molecule has 3 N–H and O–H groups in total. The fraction of sp³-hybridized carbons (Fsp3) is 0.375. The quantitative estimate of drug-likeness (QED) is 0.834. The van der Waals surface area contributed by atoms with E-state index in [1.165, 1.54) is 19.3 Å². The van der Waals surface area contributed by atoms with E-state index < -0.39 is 10.0 Å². The molecule has 0 amide bonds. The smallest absolute Gasteiger partial charge is 0.241 e. The largest absolute Gasteiger partial charge is 0.398 e. The molecule has 0 radical (unpaired) electrons. The summed E-state index contributed by atoms with van der Waals surface area (Å²) in [5.74, 6) is 0.691. The summed E-state index contributed by atoms with van der Waals surface area (Å²) >= 11 is 0. The van der Waals surface area contributed by atoms with Gasteiger partial charge in [0.25, 0.3) is 0 Å². The van der Waals surface area contributed by atoms with Crippen LogP contribution in [0.5, 0.6) is 0 Å². The zero-order chi connectivity index (χ0) is 14.9. The summed E-state index contributed by atoms with van der Waals surface area (Å²) in [5.41, 5.74) is 6.51. The fourth-order valence-electron chi connectivity index (χ4n) is 2.79. The second kappa shape index (κ2) is 5.66. The van der Waals surface area contributed by atoms with Crippen LogP contribution in [0.1, 0.15) is 25.7 Å². The maximum atomic E-state index is 12.5. The number of nitrogen functional groups attached to an aromatic ring is 1. The van der Waals surface area contributed by atoms with Gasteiger partial charge in [0.2, 0.25) is 10.0 Å². The Morgan fingerprint density at radius 3 is 2.48 bits per heavy atom. The van der Waals surface area contributed by atoms with Crippen LogP contribution in [0.25, 0.3) is 10.8 Å². The van der Waals surface area contributed by atoms with Gasteiger partial charge in [-0.3, -0.25) is 0 Å². The molecule has 2 aromatic carbocycles. The van der Waals surface area contributed by atoms with Crippen molar-refractivity contribution >= 4 is 26.5 Å². The summed E-state index contributed by atoms with van der Waals surface area (Å²) in [6.07, 6.45) is 4.66. The molecule has 0 atom stereocenters. The molecule has 0 bridgehead atoms. The summed E-state index contributed by atoms with van der Waals surface area (Å²) in [5, 5.41) is 1.45. The minimum absolute atomic E-state index is 0.306. The third-order valence-corrected chi connectivity index (χ3v) is 5.80. The Morgan fingerprint density at radius 1 is 1.10 bits per heavy atom. The third kappa shape index (κ3) is 2.89. The Kier molecular flexibility index (Phi) is 3.87. The zero-order valence-corrected chi connectivity index (χ0v) is 12.7. The highest BCUT2D eigenvalue weighted by atomic mass is 32.2. The van der Waals surface area contributed by atoms with Crippen LogP contribution in [0.2, 0.25) is 0 Å². The highest BCUT2D eigenvalue weighted by Gasteiger charge is 2.20. The lowest BCUT2D eigenvalue weighted by Crippen LogP contribution is -2.27. The molecule has 4 nitrogen and oxygen atoms in total.